The van der Waals surface area contributed by atoms with Crippen LogP contribution < -0.4 is 9.86 Å². The zero-order chi connectivity index (χ0) is 11.4. The monoisotopic (exact) mass is 224 g/mol. The van der Waals surface area contributed by atoms with E-state index in [4.69, 9.17) is 4.74 Å². The van der Waals surface area contributed by atoms with Crippen LogP contribution in [0.15, 0.2) is 0 Å². The number of carbonyl (C=O) groups is 1. The first kappa shape index (κ1) is 13.3. The Hall–Kier alpha value is -0.660. The fraction of sp³-hybridized carbons (Fsp3) is 0.857. The van der Waals surface area contributed by atoms with Crippen LogP contribution in [0.1, 0.15) is 27.2 Å². The van der Waals surface area contributed by atoms with Gasteiger partial charge < -0.3 is 4.74 Å². The summed E-state index contributed by atoms with van der Waals surface area (Å²) in [4.78, 5) is 11.0. The summed E-state index contributed by atoms with van der Waals surface area (Å²) >= 11 is 0. The van der Waals surface area contributed by atoms with Crippen molar-refractivity contribution in [3.63, 3.8) is 0 Å². The molecule has 0 rings (SSSR count). The molecule has 0 aromatic heterocycles. The van der Waals surface area contributed by atoms with E-state index in [0.29, 0.717) is 0 Å². The highest BCUT2D eigenvalue weighted by Crippen LogP contribution is 2.07. The van der Waals surface area contributed by atoms with Crippen molar-refractivity contribution in [3.05, 3.63) is 0 Å². The molecule has 0 aliphatic carbocycles. The fourth-order valence-electron chi connectivity index (χ4n) is 0.688. The zero-order valence-electron chi connectivity index (χ0n) is 8.53. The van der Waals surface area contributed by atoms with Crippen LogP contribution in [0.5, 0.6) is 0 Å². The quantitative estimate of drug-likeness (QED) is 0.629. The highest BCUT2D eigenvalue weighted by molar-refractivity contribution is 7.87. The molecule has 0 radical (unpaired) electrons. The minimum absolute atomic E-state index is 0.0340. The van der Waals surface area contributed by atoms with E-state index in [1.165, 1.54) is 0 Å². The lowest BCUT2D eigenvalue weighted by Gasteiger charge is -2.19. The predicted octanol–water partition coefficient (Wildman–Crippen LogP) is -0.489. The molecule has 3 N–H and O–H groups in total. The van der Waals surface area contributed by atoms with Crippen LogP contribution in [0, 0.1) is 0 Å². The van der Waals surface area contributed by atoms with Gasteiger partial charge in [-0.15, -0.1) is 0 Å². The first-order valence-electron chi connectivity index (χ1n) is 4.09. The van der Waals surface area contributed by atoms with E-state index in [2.05, 4.69) is 5.14 Å². The van der Waals surface area contributed by atoms with Gasteiger partial charge in [-0.05, 0) is 20.8 Å². The maximum atomic E-state index is 11.0. The van der Waals surface area contributed by atoms with Gasteiger partial charge in [0, 0.05) is 6.54 Å². The molecule has 0 unspecified atom stereocenters. The molecule has 0 aromatic rings. The lowest BCUT2D eigenvalue weighted by molar-refractivity contribution is -0.154. The van der Waals surface area contributed by atoms with Gasteiger partial charge in [-0.25, -0.2) is 9.86 Å². The van der Waals surface area contributed by atoms with Crippen LogP contribution in [0.3, 0.4) is 0 Å². The molecule has 0 aliphatic heterocycles. The van der Waals surface area contributed by atoms with Gasteiger partial charge in [0.1, 0.15) is 5.60 Å². The molecule has 7 heteroatoms. The topological polar surface area (TPSA) is 98.5 Å². The highest BCUT2D eigenvalue weighted by Gasteiger charge is 2.16. The van der Waals surface area contributed by atoms with E-state index in [1.807, 2.05) is 4.72 Å². The Kier molecular flexibility index (Phi) is 4.50. The number of hydrogen-bond acceptors (Lipinski definition) is 4. The van der Waals surface area contributed by atoms with E-state index in [1.54, 1.807) is 20.8 Å². The smallest absolute Gasteiger partial charge is 0.307 e. The van der Waals surface area contributed by atoms with Gasteiger partial charge in [-0.1, -0.05) is 0 Å². The molecule has 0 bridgehead atoms. The van der Waals surface area contributed by atoms with Crippen LogP contribution in [0.2, 0.25) is 0 Å². The fourth-order valence-corrected chi connectivity index (χ4v) is 1.07. The number of esters is 1. The number of rotatable bonds is 4. The van der Waals surface area contributed by atoms with Crippen molar-refractivity contribution in [2.75, 3.05) is 6.54 Å². The summed E-state index contributed by atoms with van der Waals surface area (Å²) in [5.41, 5.74) is -0.557. The lowest BCUT2D eigenvalue weighted by atomic mass is 10.2. The predicted molar refractivity (Wildman–Crippen MR) is 51.6 cm³/mol. The molecule has 0 atom stereocenters. The summed E-state index contributed by atoms with van der Waals surface area (Å²) in [6.07, 6.45) is -0.0340. The lowest BCUT2D eigenvalue weighted by Crippen LogP contribution is -2.33. The molecule has 0 heterocycles. The average molecular weight is 224 g/mol. The minimum atomic E-state index is -3.72. The van der Waals surface area contributed by atoms with E-state index >= 15 is 0 Å². The molecule has 0 aliphatic rings. The third kappa shape index (κ3) is 9.43. The van der Waals surface area contributed by atoms with Crippen molar-refractivity contribution in [1.29, 1.82) is 0 Å². The Balaban J connectivity index is 3.77. The summed E-state index contributed by atoms with van der Waals surface area (Å²) in [7, 11) is -3.72. The maximum absolute atomic E-state index is 11.0. The van der Waals surface area contributed by atoms with Crippen molar-refractivity contribution < 1.29 is 17.9 Å². The van der Waals surface area contributed by atoms with Gasteiger partial charge in [0.15, 0.2) is 0 Å². The van der Waals surface area contributed by atoms with E-state index in [9.17, 15) is 13.2 Å². The Morgan fingerprint density at radius 3 is 2.29 bits per heavy atom. The second kappa shape index (κ2) is 4.72. The molecular formula is C7H16N2O4S. The van der Waals surface area contributed by atoms with Crippen LogP contribution in [-0.2, 0) is 19.7 Å². The standard InChI is InChI=1S/C7H16N2O4S/c1-7(2,3)13-6(10)4-5-9-14(8,11)12/h9H,4-5H2,1-3H3,(H2,8,11,12). The molecule has 14 heavy (non-hydrogen) atoms. The van der Waals surface area contributed by atoms with Gasteiger partial charge in [0.2, 0.25) is 0 Å². The summed E-state index contributed by atoms with van der Waals surface area (Å²) in [5, 5.41) is 4.66. The number of nitrogens with one attached hydrogen (secondary N) is 1. The first-order valence-corrected chi connectivity index (χ1v) is 5.64. The summed E-state index contributed by atoms with van der Waals surface area (Å²) < 4.78 is 27.8. The molecule has 0 saturated carbocycles. The highest BCUT2D eigenvalue weighted by atomic mass is 32.2. The Morgan fingerprint density at radius 2 is 1.93 bits per heavy atom. The largest absolute Gasteiger partial charge is 0.460 e. The molecule has 0 saturated heterocycles. The third-order valence-corrected chi connectivity index (χ3v) is 1.66. The summed E-state index contributed by atoms with van der Waals surface area (Å²) in [6.45, 7) is 5.15. The molecule has 6 nitrogen and oxygen atoms in total. The molecule has 84 valence electrons. The van der Waals surface area contributed by atoms with Crippen molar-refractivity contribution in [2.24, 2.45) is 5.14 Å². The number of ether oxygens (including phenoxy) is 1. The zero-order valence-corrected chi connectivity index (χ0v) is 9.35. The summed E-state index contributed by atoms with van der Waals surface area (Å²) in [5.74, 6) is -0.464. The number of carbonyl (C=O) groups excluding carboxylic acids is 1. The Labute approximate surface area is 84.0 Å². The van der Waals surface area contributed by atoms with Crippen molar-refractivity contribution in [2.45, 2.75) is 32.8 Å². The number of nitrogens with two attached hydrogens (primary N) is 1. The first-order chi connectivity index (χ1) is 6.10. The SMILES string of the molecule is CC(C)(C)OC(=O)CCNS(N)(=O)=O. The van der Waals surface area contributed by atoms with Gasteiger partial charge in [-0.2, -0.15) is 8.42 Å². The van der Waals surface area contributed by atoms with Gasteiger partial charge in [-0.3, -0.25) is 4.79 Å². The second-order valence-corrected chi connectivity index (χ2v) is 5.15. The van der Waals surface area contributed by atoms with E-state index in [0.717, 1.165) is 0 Å². The van der Waals surface area contributed by atoms with Crippen molar-refractivity contribution in [1.82, 2.24) is 4.72 Å². The van der Waals surface area contributed by atoms with Gasteiger partial charge in [0.05, 0.1) is 6.42 Å². The van der Waals surface area contributed by atoms with Crippen LogP contribution in [-0.4, -0.2) is 26.5 Å². The number of hydrogen-bond donors (Lipinski definition) is 2. The molecule has 0 fully saturated rings. The van der Waals surface area contributed by atoms with Crippen LogP contribution in [0.4, 0.5) is 0 Å². The van der Waals surface area contributed by atoms with E-state index < -0.39 is 21.8 Å². The minimum Gasteiger partial charge on any atom is -0.460 e. The van der Waals surface area contributed by atoms with Gasteiger partial charge in [0.25, 0.3) is 10.2 Å². The normalized spacial score (nSPS) is 12.6. The van der Waals surface area contributed by atoms with Crippen LogP contribution >= 0.6 is 0 Å². The Morgan fingerprint density at radius 1 is 1.43 bits per heavy atom. The Bertz CT molecular complexity index is 291. The van der Waals surface area contributed by atoms with E-state index in [-0.39, 0.29) is 13.0 Å². The van der Waals surface area contributed by atoms with Gasteiger partial charge >= 0.3 is 5.97 Å². The molecular weight excluding hydrogens is 208 g/mol. The second-order valence-electron chi connectivity index (χ2n) is 3.78. The van der Waals surface area contributed by atoms with Crippen molar-refractivity contribution in [3.8, 4) is 0 Å². The molecule has 0 spiro atoms. The van der Waals surface area contributed by atoms with Crippen molar-refractivity contribution >= 4 is 16.2 Å². The average Bonchev–Trinajstić information content (AvgIpc) is 1.78. The maximum Gasteiger partial charge on any atom is 0.307 e. The molecule has 0 aromatic carbocycles. The third-order valence-electron chi connectivity index (χ3n) is 1.05. The van der Waals surface area contributed by atoms with Crippen LogP contribution in [0.25, 0.3) is 0 Å². The summed E-state index contributed by atoms with van der Waals surface area (Å²) in [6, 6.07) is 0. The molecule has 0 amide bonds.